The summed E-state index contributed by atoms with van der Waals surface area (Å²) in [5.74, 6) is 0.841. The third-order valence-electron chi connectivity index (χ3n) is 3.57. The second kappa shape index (κ2) is 5.80. The number of likely N-dealkylation sites (N-methyl/N-ethyl adjacent to an activating group) is 1. The molecule has 0 aliphatic carbocycles. The number of amides is 1. The molecule has 1 N–H and O–H groups in total. The second-order valence-corrected chi connectivity index (χ2v) is 6.13. The number of piperidine rings is 1. The highest BCUT2D eigenvalue weighted by atomic mass is 32.1. The van der Waals surface area contributed by atoms with Crippen LogP contribution in [0.1, 0.15) is 30.3 Å². The Morgan fingerprint density at radius 2 is 2.44 bits per heavy atom. The number of carbonyl (C=O) groups excluding carboxylic acids is 1. The van der Waals surface area contributed by atoms with Gasteiger partial charge in [-0.1, -0.05) is 6.92 Å². The minimum Gasteiger partial charge on any atom is -0.339 e. The molecule has 5 heteroatoms. The first-order valence-corrected chi connectivity index (χ1v) is 7.33. The van der Waals surface area contributed by atoms with Crippen molar-refractivity contribution in [2.75, 3.05) is 13.6 Å². The van der Waals surface area contributed by atoms with Gasteiger partial charge in [-0.3, -0.25) is 4.79 Å². The van der Waals surface area contributed by atoms with E-state index in [4.69, 9.17) is 0 Å². The van der Waals surface area contributed by atoms with Crippen LogP contribution in [0.2, 0.25) is 0 Å². The fraction of sp³-hybridized carbons (Fsp3) is 0.692. The van der Waals surface area contributed by atoms with Crippen molar-refractivity contribution in [1.29, 1.82) is 0 Å². The Labute approximate surface area is 112 Å². The molecule has 1 fully saturated rings. The first kappa shape index (κ1) is 13.5. The van der Waals surface area contributed by atoms with Crippen molar-refractivity contribution in [3.8, 4) is 0 Å². The number of nitrogens with zero attached hydrogens (tertiary/aromatic N) is 2. The summed E-state index contributed by atoms with van der Waals surface area (Å²) in [6, 6.07) is -0.00743. The highest BCUT2D eigenvalue weighted by Crippen LogP contribution is 2.19. The lowest BCUT2D eigenvalue weighted by Crippen LogP contribution is -2.48. The molecule has 1 aliphatic heterocycles. The molecule has 2 heterocycles. The maximum Gasteiger partial charge on any atom is 0.239 e. The van der Waals surface area contributed by atoms with Gasteiger partial charge in [0.1, 0.15) is 0 Å². The highest BCUT2D eigenvalue weighted by molar-refractivity contribution is 7.09. The van der Waals surface area contributed by atoms with E-state index in [-0.39, 0.29) is 11.9 Å². The van der Waals surface area contributed by atoms with E-state index >= 15 is 0 Å². The van der Waals surface area contributed by atoms with Gasteiger partial charge in [0.2, 0.25) is 5.91 Å². The van der Waals surface area contributed by atoms with Crippen molar-refractivity contribution in [2.45, 2.75) is 39.3 Å². The lowest BCUT2D eigenvalue weighted by atomic mass is 9.93. The molecule has 18 heavy (non-hydrogen) atoms. The average molecular weight is 267 g/mol. The maximum atomic E-state index is 12.3. The first-order valence-electron chi connectivity index (χ1n) is 6.45. The van der Waals surface area contributed by atoms with Crippen molar-refractivity contribution in [3.05, 3.63) is 16.1 Å². The zero-order chi connectivity index (χ0) is 13.1. The third kappa shape index (κ3) is 3.09. The molecule has 2 atom stereocenters. The predicted octanol–water partition coefficient (Wildman–Crippen LogP) is 1.80. The van der Waals surface area contributed by atoms with E-state index in [1.165, 1.54) is 11.3 Å². The zero-order valence-corrected chi connectivity index (χ0v) is 12.1. The Hall–Kier alpha value is -0.940. The molecular weight excluding hydrogens is 246 g/mol. The number of thiazole rings is 1. The van der Waals surface area contributed by atoms with Gasteiger partial charge in [-0.2, -0.15) is 0 Å². The molecular formula is C13H21N3OS. The van der Waals surface area contributed by atoms with Crippen LogP contribution in [0.15, 0.2) is 5.51 Å². The van der Waals surface area contributed by atoms with Gasteiger partial charge in [0.25, 0.3) is 0 Å². The van der Waals surface area contributed by atoms with Crippen LogP contribution in [-0.2, 0) is 11.3 Å². The minimum absolute atomic E-state index is 0.00743. The molecule has 1 aromatic rings. The number of hydrogen-bond acceptors (Lipinski definition) is 4. The number of nitrogens with one attached hydrogen (secondary N) is 1. The molecule has 100 valence electrons. The fourth-order valence-corrected chi connectivity index (χ4v) is 3.16. The normalized spacial score (nSPS) is 23.9. The Balaban J connectivity index is 1.94. The van der Waals surface area contributed by atoms with E-state index in [9.17, 15) is 4.79 Å². The van der Waals surface area contributed by atoms with Gasteiger partial charge < -0.3 is 10.2 Å². The molecule has 1 aliphatic rings. The number of aromatic nitrogens is 1. The van der Waals surface area contributed by atoms with Crippen LogP contribution in [0.3, 0.4) is 0 Å². The van der Waals surface area contributed by atoms with Gasteiger partial charge in [0.05, 0.1) is 23.8 Å². The number of aryl methyl sites for hydroxylation is 1. The molecule has 1 saturated heterocycles. The van der Waals surface area contributed by atoms with E-state index in [0.717, 1.165) is 18.7 Å². The van der Waals surface area contributed by atoms with Gasteiger partial charge in [0, 0.05) is 11.9 Å². The Morgan fingerprint density at radius 1 is 1.67 bits per heavy atom. The number of hydrogen-bond donors (Lipinski definition) is 1. The van der Waals surface area contributed by atoms with Crippen LogP contribution in [0.25, 0.3) is 0 Å². The third-order valence-corrected chi connectivity index (χ3v) is 4.49. The van der Waals surface area contributed by atoms with Crippen molar-refractivity contribution in [3.63, 3.8) is 0 Å². The standard InChI is InChI=1S/C13H21N3OS/c1-9-4-5-14-11(6-9)13(17)16(3)7-12-10(2)15-8-18-12/h8-9,11,14H,4-7H2,1-3H3. The Morgan fingerprint density at radius 3 is 3.06 bits per heavy atom. The molecule has 0 aromatic carbocycles. The lowest BCUT2D eigenvalue weighted by molar-refractivity contribution is -0.133. The summed E-state index contributed by atoms with van der Waals surface area (Å²) in [5.41, 5.74) is 2.87. The molecule has 2 unspecified atom stereocenters. The highest BCUT2D eigenvalue weighted by Gasteiger charge is 2.27. The summed E-state index contributed by atoms with van der Waals surface area (Å²) >= 11 is 1.62. The average Bonchev–Trinajstić information content (AvgIpc) is 2.74. The molecule has 0 bridgehead atoms. The second-order valence-electron chi connectivity index (χ2n) is 5.19. The summed E-state index contributed by atoms with van der Waals surface area (Å²) in [6.07, 6.45) is 2.12. The minimum atomic E-state index is -0.00743. The van der Waals surface area contributed by atoms with Gasteiger partial charge >= 0.3 is 0 Å². The molecule has 1 aromatic heterocycles. The van der Waals surface area contributed by atoms with Crippen LogP contribution in [-0.4, -0.2) is 35.4 Å². The molecule has 0 spiro atoms. The SMILES string of the molecule is Cc1ncsc1CN(C)C(=O)C1CC(C)CCN1. The Bertz CT molecular complexity index is 418. The van der Waals surface area contributed by atoms with Crippen molar-refractivity contribution in [1.82, 2.24) is 15.2 Å². The molecule has 1 amide bonds. The summed E-state index contributed by atoms with van der Waals surface area (Å²) in [4.78, 5) is 19.5. The quantitative estimate of drug-likeness (QED) is 0.908. The largest absolute Gasteiger partial charge is 0.339 e. The lowest BCUT2D eigenvalue weighted by Gasteiger charge is -2.30. The monoisotopic (exact) mass is 267 g/mol. The predicted molar refractivity (Wildman–Crippen MR) is 73.5 cm³/mol. The topological polar surface area (TPSA) is 45.2 Å². The summed E-state index contributed by atoms with van der Waals surface area (Å²) in [7, 11) is 1.88. The first-order chi connectivity index (χ1) is 8.58. The summed E-state index contributed by atoms with van der Waals surface area (Å²) in [5, 5.41) is 3.32. The van der Waals surface area contributed by atoms with Crippen LogP contribution in [0.5, 0.6) is 0 Å². The Kier molecular flexibility index (Phi) is 4.35. The van der Waals surface area contributed by atoms with E-state index in [2.05, 4.69) is 17.2 Å². The van der Waals surface area contributed by atoms with Crippen molar-refractivity contribution in [2.24, 2.45) is 5.92 Å². The van der Waals surface area contributed by atoms with Crippen LogP contribution in [0, 0.1) is 12.8 Å². The fourth-order valence-electron chi connectivity index (χ4n) is 2.33. The van der Waals surface area contributed by atoms with Gasteiger partial charge in [0.15, 0.2) is 0 Å². The maximum absolute atomic E-state index is 12.3. The van der Waals surface area contributed by atoms with Crippen LogP contribution < -0.4 is 5.32 Å². The van der Waals surface area contributed by atoms with Crippen molar-refractivity contribution < 1.29 is 4.79 Å². The molecule has 0 saturated carbocycles. The van der Waals surface area contributed by atoms with E-state index in [1.54, 1.807) is 11.3 Å². The van der Waals surface area contributed by atoms with Crippen LogP contribution in [0.4, 0.5) is 0 Å². The van der Waals surface area contributed by atoms with Gasteiger partial charge in [-0.25, -0.2) is 4.98 Å². The van der Waals surface area contributed by atoms with Crippen LogP contribution >= 0.6 is 11.3 Å². The number of carbonyl (C=O) groups is 1. The molecule has 4 nitrogen and oxygen atoms in total. The van der Waals surface area contributed by atoms with Crippen molar-refractivity contribution >= 4 is 17.2 Å². The van der Waals surface area contributed by atoms with E-state index in [1.807, 2.05) is 24.4 Å². The number of rotatable bonds is 3. The van der Waals surface area contributed by atoms with E-state index in [0.29, 0.717) is 12.5 Å². The summed E-state index contributed by atoms with van der Waals surface area (Å²) < 4.78 is 0. The molecule has 0 radical (unpaired) electrons. The zero-order valence-electron chi connectivity index (χ0n) is 11.3. The van der Waals surface area contributed by atoms with Gasteiger partial charge in [-0.05, 0) is 32.2 Å². The smallest absolute Gasteiger partial charge is 0.239 e. The molecule has 2 rings (SSSR count). The van der Waals surface area contributed by atoms with E-state index < -0.39 is 0 Å². The summed E-state index contributed by atoms with van der Waals surface area (Å²) in [6.45, 7) is 5.83. The van der Waals surface area contributed by atoms with Gasteiger partial charge in [-0.15, -0.1) is 11.3 Å².